The second-order valence-corrected chi connectivity index (χ2v) is 6.99. The third kappa shape index (κ3) is 12.3. The molecular weight excluding hydrogens is 384 g/mol. The van der Waals surface area contributed by atoms with Crippen molar-refractivity contribution in [3.05, 3.63) is 29.8 Å². The summed E-state index contributed by atoms with van der Waals surface area (Å²) in [5, 5.41) is 19.9. The number of carboxylic acids is 1. The van der Waals surface area contributed by atoms with E-state index in [4.69, 9.17) is 20.7 Å². The first-order chi connectivity index (χ1) is 13.4. The highest BCUT2D eigenvalue weighted by molar-refractivity contribution is 5.80. The number of methoxy groups -OCH3 is 2. The molecule has 0 saturated heterocycles. The average Bonchev–Trinajstić information content (AvgIpc) is 2.61. The van der Waals surface area contributed by atoms with Crippen molar-refractivity contribution < 1.29 is 38.8 Å². The highest BCUT2D eigenvalue weighted by atomic mass is 16.6. The first kappa shape index (κ1) is 26.1. The summed E-state index contributed by atoms with van der Waals surface area (Å²) >= 11 is 0. The fourth-order valence-electron chi connectivity index (χ4n) is 1.91. The van der Waals surface area contributed by atoms with Crippen molar-refractivity contribution in [1.82, 2.24) is 5.32 Å². The number of alkyl carbamates (subject to hydrolysis) is 1. The predicted octanol–water partition coefficient (Wildman–Crippen LogP) is 1.05. The number of hydrogen-bond donors (Lipinski definition) is 4. The zero-order valence-electron chi connectivity index (χ0n) is 17.3. The second-order valence-electron chi connectivity index (χ2n) is 6.99. The monoisotopic (exact) mass is 414 g/mol. The van der Waals surface area contributed by atoms with E-state index in [1.165, 1.54) is 14.2 Å². The lowest BCUT2D eigenvalue weighted by atomic mass is 10.1. The van der Waals surface area contributed by atoms with Crippen molar-refractivity contribution >= 4 is 18.0 Å². The lowest BCUT2D eigenvalue weighted by Crippen LogP contribution is -2.45. The van der Waals surface area contributed by atoms with E-state index < -0.39 is 35.7 Å². The summed E-state index contributed by atoms with van der Waals surface area (Å²) in [5.74, 6) is -1.40. The SMILES string of the molecule is COC(=O)C(N)Cc1ccc(O)cc1.COCC(NC(=O)OC(C)(C)C)C(=O)O. The number of rotatable bonds is 7. The second kappa shape index (κ2) is 12.6. The molecule has 0 spiro atoms. The molecule has 1 aromatic rings. The highest BCUT2D eigenvalue weighted by Gasteiger charge is 2.23. The van der Waals surface area contributed by atoms with E-state index in [1.807, 2.05) is 0 Å². The zero-order chi connectivity index (χ0) is 22.6. The molecule has 0 aliphatic rings. The van der Waals surface area contributed by atoms with Crippen LogP contribution >= 0.6 is 0 Å². The molecule has 1 aromatic carbocycles. The van der Waals surface area contributed by atoms with Crippen molar-refractivity contribution in [1.29, 1.82) is 0 Å². The number of aromatic hydroxyl groups is 1. The number of nitrogens with two attached hydrogens (primary N) is 1. The summed E-state index contributed by atoms with van der Waals surface area (Å²) in [5.41, 5.74) is 5.80. The molecule has 2 unspecified atom stereocenters. The van der Waals surface area contributed by atoms with E-state index in [0.717, 1.165) is 5.56 Å². The van der Waals surface area contributed by atoms with E-state index in [-0.39, 0.29) is 12.4 Å². The molecule has 0 heterocycles. The summed E-state index contributed by atoms with van der Waals surface area (Å²) in [6.07, 6.45) is -0.362. The Balaban J connectivity index is 0.000000541. The Bertz CT molecular complexity index is 655. The maximum Gasteiger partial charge on any atom is 0.408 e. The molecule has 0 aromatic heterocycles. The van der Waals surface area contributed by atoms with E-state index >= 15 is 0 Å². The van der Waals surface area contributed by atoms with Crippen LogP contribution in [-0.2, 0) is 30.2 Å². The number of aliphatic carboxylic acids is 1. The van der Waals surface area contributed by atoms with Crippen LogP contribution in [0.15, 0.2) is 24.3 Å². The summed E-state index contributed by atoms with van der Waals surface area (Å²) < 4.78 is 14.0. The number of esters is 1. The number of amides is 1. The van der Waals surface area contributed by atoms with Gasteiger partial charge in [0.1, 0.15) is 17.4 Å². The number of carboxylic acid groups (broad SMARTS) is 1. The Morgan fingerprint density at radius 1 is 1.14 bits per heavy atom. The molecule has 0 fully saturated rings. The first-order valence-corrected chi connectivity index (χ1v) is 8.72. The molecule has 29 heavy (non-hydrogen) atoms. The highest BCUT2D eigenvalue weighted by Crippen LogP contribution is 2.11. The summed E-state index contributed by atoms with van der Waals surface area (Å²) in [6.45, 7) is 4.98. The van der Waals surface area contributed by atoms with Gasteiger partial charge in [-0.05, 0) is 44.9 Å². The normalized spacial score (nSPS) is 12.6. The van der Waals surface area contributed by atoms with Crippen molar-refractivity contribution in [3.8, 4) is 5.75 Å². The molecule has 1 amide bonds. The molecule has 0 saturated carbocycles. The van der Waals surface area contributed by atoms with Crippen LogP contribution in [0.2, 0.25) is 0 Å². The minimum Gasteiger partial charge on any atom is -0.508 e. The van der Waals surface area contributed by atoms with E-state index in [9.17, 15) is 14.4 Å². The van der Waals surface area contributed by atoms with Crippen LogP contribution in [0.25, 0.3) is 0 Å². The Morgan fingerprint density at radius 2 is 1.69 bits per heavy atom. The molecule has 1 rings (SSSR count). The number of hydrogen-bond acceptors (Lipinski definition) is 8. The van der Waals surface area contributed by atoms with Gasteiger partial charge in [-0.25, -0.2) is 9.59 Å². The van der Waals surface area contributed by atoms with Crippen LogP contribution in [0.1, 0.15) is 26.3 Å². The Kier molecular flexibility index (Phi) is 11.3. The van der Waals surface area contributed by atoms with Gasteiger partial charge in [0.2, 0.25) is 0 Å². The van der Waals surface area contributed by atoms with Crippen molar-refractivity contribution in [3.63, 3.8) is 0 Å². The smallest absolute Gasteiger partial charge is 0.408 e. The van der Waals surface area contributed by atoms with Crippen molar-refractivity contribution in [2.45, 2.75) is 44.9 Å². The molecule has 0 aliphatic heterocycles. The topological polar surface area (TPSA) is 157 Å². The molecule has 10 heteroatoms. The predicted molar refractivity (Wildman–Crippen MR) is 104 cm³/mol. The third-order valence-corrected chi connectivity index (χ3v) is 3.22. The van der Waals surface area contributed by atoms with Gasteiger partial charge in [0, 0.05) is 7.11 Å². The number of ether oxygens (including phenoxy) is 3. The van der Waals surface area contributed by atoms with E-state index in [1.54, 1.807) is 45.0 Å². The van der Waals surface area contributed by atoms with Crippen LogP contribution in [0, 0.1) is 0 Å². The van der Waals surface area contributed by atoms with Gasteiger partial charge >= 0.3 is 18.0 Å². The number of carbonyl (C=O) groups is 3. The van der Waals surface area contributed by atoms with Gasteiger partial charge in [-0.2, -0.15) is 0 Å². The minimum absolute atomic E-state index is 0.103. The molecular formula is C19H30N2O8. The number of benzene rings is 1. The fourth-order valence-corrected chi connectivity index (χ4v) is 1.91. The van der Waals surface area contributed by atoms with Crippen LogP contribution in [0.4, 0.5) is 4.79 Å². The first-order valence-electron chi connectivity index (χ1n) is 8.72. The van der Waals surface area contributed by atoms with Gasteiger partial charge in [-0.1, -0.05) is 12.1 Å². The Labute approximate surface area is 169 Å². The maximum atomic E-state index is 11.2. The number of phenolic OH excluding ortho intramolecular Hbond substituents is 1. The molecule has 0 bridgehead atoms. The number of phenols is 1. The quantitative estimate of drug-likeness (QED) is 0.478. The lowest BCUT2D eigenvalue weighted by Gasteiger charge is -2.21. The van der Waals surface area contributed by atoms with Crippen molar-refractivity contribution in [2.24, 2.45) is 5.73 Å². The third-order valence-electron chi connectivity index (χ3n) is 3.22. The van der Waals surface area contributed by atoms with Gasteiger partial charge in [0.25, 0.3) is 0 Å². The molecule has 5 N–H and O–H groups in total. The van der Waals surface area contributed by atoms with Crippen LogP contribution in [0.5, 0.6) is 5.75 Å². The molecule has 10 nitrogen and oxygen atoms in total. The zero-order valence-corrected chi connectivity index (χ0v) is 17.3. The summed E-state index contributed by atoms with van der Waals surface area (Å²) in [4.78, 5) is 32.8. The van der Waals surface area contributed by atoms with Gasteiger partial charge < -0.3 is 35.5 Å². The lowest BCUT2D eigenvalue weighted by molar-refractivity contribution is -0.142. The van der Waals surface area contributed by atoms with Gasteiger partial charge in [0.15, 0.2) is 6.04 Å². The van der Waals surface area contributed by atoms with Crippen LogP contribution in [0.3, 0.4) is 0 Å². The van der Waals surface area contributed by atoms with Gasteiger partial charge in [-0.3, -0.25) is 4.79 Å². The maximum absolute atomic E-state index is 11.2. The average molecular weight is 414 g/mol. The molecule has 0 radical (unpaired) electrons. The summed E-state index contributed by atoms with van der Waals surface area (Å²) in [7, 11) is 2.66. The van der Waals surface area contributed by atoms with Crippen LogP contribution < -0.4 is 11.1 Å². The number of carbonyl (C=O) groups excluding carboxylic acids is 2. The van der Waals surface area contributed by atoms with Crippen LogP contribution in [-0.4, -0.2) is 66.8 Å². The Morgan fingerprint density at radius 3 is 2.10 bits per heavy atom. The summed E-state index contributed by atoms with van der Waals surface area (Å²) in [6, 6.07) is 4.81. The van der Waals surface area contributed by atoms with E-state index in [2.05, 4.69) is 14.8 Å². The molecule has 0 aliphatic carbocycles. The van der Waals surface area contributed by atoms with E-state index in [0.29, 0.717) is 6.42 Å². The standard InChI is InChI=1S/C10H13NO3.C9H17NO5/c1-14-10(13)9(11)6-7-2-4-8(12)5-3-7;1-9(2,3)15-8(13)10-6(5-14-4)7(11)12/h2-5,9,12H,6,11H2,1H3;6H,5H2,1-4H3,(H,10,13)(H,11,12). The molecule has 2 atom stereocenters. The Hall–Kier alpha value is -2.85. The largest absolute Gasteiger partial charge is 0.508 e. The van der Waals surface area contributed by atoms with Gasteiger partial charge in [-0.15, -0.1) is 0 Å². The minimum atomic E-state index is -1.16. The fraction of sp³-hybridized carbons (Fsp3) is 0.526. The number of nitrogens with one attached hydrogen (secondary N) is 1. The molecule has 164 valence electrons. The van der Waals surface area contributed by atoms with Gasteiger partial charge in [0.05, 0.1) is 13.7 Å². The van der Waals surface area contributed by atoms with Crippen molar-refractivity contribution in [2.75, 3.05) is 20.8 Å².